The molecule has 0 aliphatic heterocycles. The first-order chi connectivity index (χ1) is 10.4. The molecule has 4 rings (SSSR count). The van der Waals surface area contributed by atoms with Crippen LogP contribution in [0.5, 0.6) is 0 Å². The molecule has 1 N–H and O–H groups in total. The molecule has 0 atom stereocenters. The average molecular weight is 291 g/mol. The van der Waals surface area contributed by atoms with Gasteiger partial charge in [-0.2, -0.15) is 0 Å². The van der Waals surface area contributed by atoms with E-state index in [1.807, 2.05) is 36.5 Å². The summed E-state index contributed by atoms with van der Waals surface area (Å²) in [5.41, 5.74) is 4.40. The maximum absolute atomic E-state index is 4.59. The summed E-state index contributed by atoms with van der Waals surface area (Å²) in [6.45, 7) is 0. The minimum atomic E-state index is 0.855. The van der Waals surface area contributed by atoms with Gasteiger partial charge in [0.2, 0.25) is 0 Å². The van der Waals surface area contributed by atoms with E-state index in [9.17, 15) is 0 Å². The summed E-state index contributed by atoms with van der Waals surface area (Å²) in [6, 6.07) is 18.5. The maximum atomic E-state index is 4.59. The van der Waals surface area contributed by atoms with E-state index in [4.69, 9.17) is 0 Å². The Kier molecular flexibility index (Phi) is 3.09. The number of imidazole rings is 1. The fourth-order valence-electron chi connectivity index (χ4n) is 2.43. The molecule has 4 heteroatoms. The maximum Gasteiger partial charge on any atom is 0.166 e. The number of fused-ring (bicyclic) bond motifs is 2. The van der Waals surface area contributed by atoms with Gasteiger partial charge >= 0.3 is 0 Å². The van der Waals surface area contributed by atoms with Crippen LogP contribution in [0.15, 0.2) is 66.0 Å². The average Bonchev–Trinajstić information content (AvgIpc) is 2.96. The van der Waals surface area contributed by atoms with E-state index in [0.29, 0.717) is 0 Å². The van der Waals surface area contributed by atoms with E-state index in [1.54, 1.807) is 11.8 Å². The lowest BCUT2D eigenvalue weighted by Crippen LogP contribution is -1.87. The summed E-state index contributed by atoms with van der Waals surface area (Å²) in [5, 5.41) is 2.13. The number of aromatic nitrogens is 3. The summed E-state index contributed by atoms with van der Waals surface area (Å²) >= 11 is 1.71. The molecule has 2 aromatic heterocycles. The van der Waals surface area contributed by atoms with Gasteiger partial charge in [0.15, 0.2) is 5.16 Å². The third kappa shape index (κ3) is 2.38. The minimum absolute atomic E-state index is 0.855. The molecule has 21 heavy (non-hydrogen) atoms. The largest absolute Gasteiger partial charge is 0.333 e. The normalized spacial score (nSPS) is 11.2. The Balaban J connectivity index is 1.63. The summed E-state index contributed by atoms with van der Waals surface area (Å²) in [4.78, 5) is 12.4. The molecule has 3 nitrogen and oxygen atoms in total. The van der Waals surface area contributed by atoms with Crippen LogP contribution >= 0.6 is 11.8 Å². The van der Waals surface area contributed by atoms with E-state index >= 15 is 0 Å². The SMILES string of the molecule is c1cnc2c(CSc3nc4ccccc4[nH]3)cccc2c1. The Morgan fingerprint density at radius 3 is 2.81 bits per heavy atom. The number of aromatic amines is 1. The second-order valence-corrected chi connectivity index (χ2v) is 5.80. The van der Waals surface area contributed by atoms with Crippen molar-refractivity contribution in [3.8, 4) is 0 Å². The molecule has 2 heterocycles. The fourth-order valence-corrected chi connectivity index (χ4v) is 3.30. The molecular weight excluding hydrogens is 278 g/mol. The Hall–Kier alpha value is -2.33. The summed E-state index contributed by atoms with van der Waals surface area (Å²) < 4.78 is 0. The summed E-state index contributed by atoms with van der Waals surface area (Å²) in [6.07, 6.45) is 1.84. The van der Waals surface area contributed by atoms with Gasteiger partial charge in [-0.25, -0.2) is 4.98 Å². The van der Waals surface area contributed by atoms with Crippen LogP contribution in [0.25, 0.3) is 21.9 Å². The van der Waals surface area contributed by atoms with E-state index in [-0.39, 0.29) is 0 Å². The standard InChI is InChI=1S/C17H13N3S/c1-2-9-15-14(8-1)19-17(20-15)21-11-13-6-3-5-12-7-4-10-18-16(12)13/h1-10H,11H2,(H,19,20). The molecule has 4 aromatic rings. The lowest BCUT2D eigenvalue weighted by Gasteiger charge is -2.03. The van der Waals surface area contributed by atoms with Crippen molar-refractivity contribution < 1.29 is 0 Å². The number of nitrogens with zero attached hydrogens (tertiary/aromatic N) is 2. The van der Waals surface area contributed by atoms with Crippen molar-refractivity contribution in [2.45, 2.75) is 10.9 Å². The fraction of sp³-hybridized carbons (Fsp3) is 0.0588. The van der Waals surface area contributed by atoms with Crippen molar-refractivity contribution in [2.24, 2.45) is 0 Å². The van der Waals surface area contributed by atoms with Crippen LogP contribution in [0.2, 0.25) is 0 Å². The molecule has 0 amide bonds. The smallest absolute Gasteiger partial charge is 0.166 e. The van der Waals surface area contributed by atoms with Crippen LogP contribution in [0.4, 0.5) is 0 Å². The lowest BCUT2D eigenvalue weighted by atomic mass is 10.1. The molecule has 0 aliphatic rings. The Labute approximate surface area is 126 Å². The summed E-state index contributed by atoms with van der Waals surface area (Å²) in [5.74, 6) is 0.855. The van der Waals surface area contributed by atoms with Crippen LogP contribution in [0, 0.1) is 0 Å². The van der Waals surface area contributed by atoms with Gasteiger partial charge in [0.1, 0.15) is 0 Å². The minimum Gasteiger partial charge on any atom is -0.333 e. The predicted octanol–water partition coefficient (Wildman–Crippen LogP) is 4.40. The number of rotatable bonds is 3. The molecule has 0 unspecified atom stereocenters. The number of benzene rings is 2. The highest BCUT2D eigenvalue weighted by Gasteiger charge is 2.06. The first kappa shape index (κ1) is 12.4. The number of H-pyrrole nitrogens is 1. The monoisotopic (exact) mass is 291 g/mol. The van der Waals surface area contributed by atoms with Crippen molar-refractivity contribution in [2.75, 3.05) is 0 Å². The highest BCUT2D eigenvalue weighted by atomic mass is 32.2. The Bertz CT molecular complexity index is 876. The Morgan fingerprint density at radius 2 is 1.86 bits per heavy atom. The zero-order valence-electron chi connectivity index (χ0n) is 11.3. The molecular formula is C17H13N3S. The topological polar surface area (TPSA) is 41.6 Å². The number of pyridine rings is 1. The molecule has 0 spiro atoms. The zero-order chi connectivity index (χ0) is 14.1. The van der Waals surface area contributed by atoms with Crippen LogP contribution in [-0.2, 0) is 5.75 Å². The molecule has 102 valence electrons. The number of hydrogen-bond acceptors (Lipinski definition) is 3. The number of thioether (sulfide) groups is 1. The molecule has 2 aromatic carbocycles. The predicted molar refractivity (Wildman–Crippen MR) is 87.4 cm³/mol. The third-order valence-corrected chi connectivity index (χ3v) is 4.37. The number of para-hydroxylation sites is 3. The van der Waals surface area contributed by atoms with E-state index in [1.165, 1.54) is 10.9 Å². The van der Waals surface area contributed by atoms with Crippen LogP contribution < -0.4 is 0 Å². The Morgan fingerprint density at radius 1 is 0.952 bits per heavy atom. The number of hydrogen-bond donors (Lipinski definition) is 1. The van der Waals surface area contributed by atoms with E-state index in [0.717, 1.165) is 27.5 Å². The van der Waals surface area contributed by atoms with Gasteiger partial charge in [-0.3, -0.25) is 4.98 Å². The van der Waals surface area contributed by atoms with Gasteiger partial charge in [0.25, 0.3) is 0 Å². The highest BCUT2D eigenvalue weighted by Crippen LogP contribution is 2.26. The van der Waals surface area contributed by atoms with Crippen molar-refractivity contribution >= 4 is 33.7 Å². The van der Waals surface area contributed by atoms with Crippen LogP contribution in [-0.4, -0.2) is 15.0 Å². The molecule has 0 fully saturated rings. The van der Waals surface area contributed by atoms with Gasteiger partial charge in [0, 0.05) is 17.3 Å². The zero-order valence-corrected chi connectivity index (χ0v) is 12.1. The first-order valence-corrected chi connectivity index (χ1v) is 7.79. The van der Waals surface area contributed by atoms with Crippen molar-refractivity contribution in [3.05, 3.63) is 66.4 Å². The molecule has 0 aliphatic carbocycles. The molecule has 0 saturated heterocycles. The van der Waals surface area contributed by atoms with Crippen molar-refractivity contribution in [1.29, 1.82) is 0 Å². The van der Waals surface area contributed by atoms with Gasteiger partial charge in [-0.05, 0) is 23.8 Å². The van der Waals surface area contributed by atoms with E-state index < -0.39 is 0 Å². The van der Waals surface area contributed by atoms with Gasteiger partial charge in [0.05, 0.1) is 16.6 Å². The van der Waals surface area contributed by atoms with E-state index in [2.05, 4.69) is 39.2 Å². The van der Waals surface area contributed by atoms with Gasteiger partial charge in [-0.1, -0.05) is 48.2 Å². The highest BCUT2D eigenvalue weighted by molar-refractivity contribution is 7.98. The van der Waals surface area contributed by atoms with Gasteiger partial charge in [-0.15, -0.1) is 0 Å². The quantitative estimate of drug-likeness (QED) is 0.569. The first-order valence-electron chi connectivity index (χ1n) is 6.80. The van der Waals surface area contributed by atoms with Crippen LogP contribution in [0.1, 0.15) is 5.56 Å². The number of nitrogens with one attached hydrogen (secondary N) is 1. The van der Waals surface area contributed by atoms with Crippen molar-refractivity contribution in [3.63, 3.8) is 0 Å². The van der Waals surface area contributed by atoms with Gasteiger partial charge < -0.3 is 4.98 Å². The summed E-state index contributed by atoms with van der Waals surface area (Å²) in [7, 11) is 0. The molecule has 0 radical (unpaired) electrons. The lowest BCUT2D eigenvalue weighted by molar-refractivity contribution is 1.08. The molecule has 0 saturated carbocycles. The second-order valence-electron chi connectivity index (χ2n) is 4.84. The molecule has 0 bridgehead atoms. The second kappa shape index (κ2) is 5.22. The van der Waals surface area contributed by atoms with Crippen LogP contribution in [0.3, 0.4) is 0 Å². The third-order valence-electron chi connectivity index (χ3n) is 3.45. The van der Waals surface area contributed by atoms with Crippen molar-refractivity contribution in [1.82, 2.24) is 15.0 Å².